The van der Waals surface area contributed by atoms with Crippen LogP contribution in [0.3, 0.4) is 0 Å². The van der Waals surface area contributed by atoms with Crippen molar-refractivity contribution in [3.8, 4) is 5.75 Å². The molecular weight excluding hydrogens is 305 g/mol. The molecule has 0 aromatic heterocycles. The van der Waals surface area contributed by atoms with Crippen molar-refractivity contribution in [1.82, 2.24) is 0 Å². The van der Waals surface area contributed by atoms with E-state index >= 15 is 0 Å². The van der Waals surface area contributed by atoms with E-state index in [9.17, 15) is 14.7 Å². The van der Waals surface area contributed by atoms with Gasteiger partial charge in [0.05, 0.1) is 21.9 Å². The van der Waals surface area contributed by atoms with Crippen molar-refractivity contribution < 1.29 is 19.8 Å². The van der Waals surface area contributed by atoms with E-state index in [1.54, 1.807) is 0 Å². The Morgan fingerprint density at radius 2 is 1.70 bits per heavy atom. The van der Waals surface area contributed by atoms with Crippen LogP contribution >= 0.6 is 23.2 Å². The number of carboxylic acid groups (broad SMARTS) is 1. The Hall–Kier alpha value is -1.46. The second kappa shape index (κ2) is 5.89. The second-order valence-corrected chi connectivity index (χ2v) is 5.57. The number of nitrogens with one attached hydrogen (secondary N) is 1. The molecule has 1 aromatic carbocycles. The lowest BCUT2D eigenvalue weighted by molar-refractivity contribution is -0.145. The van der Waals surface area contributed by atoms with E-state index < -0.39 is 17.8 Å². The fourth-order valence-electron chi connectivity index (χ4n) is 2.44. The maximum Gasteiger partial charge on any atom is 0.307 e. The highest BCUT2D eigenvalue weighted by atomic mass is 35.5. The lowest BCUT2D eigenvalue weighted by atomic mass is 9.95. The molecule has 2 rings (SSSR count). The number of phenolic OH excluding ortho intramolecular Hbond substituents is 1. The summed E-state index contributed by atoms with van der Waals surface area (Å²) in [5.41, 5.74) is 0.332. The number of hydrogen-bond acceptors (Lipinski definition) is 3. The molecule has 5 nitrogen and oxygen atoms in total. The lowest BCUT2D eigenvalue weighted by Crippen LogP contribution is -2.29. The maximum atomic E-state index is 12.1. The standard InChI is InChI=1S/C13H13Cl2NO4/c14-9-4-6(5-10(15)11(9)17)16-12(18)7-2-1-3-8(7)13(19)20/h4-5,7-8,17H,1-3H2,(H,16,18)(H,19,20)/t7-,8+/m1/s1. The van der Waals surface area contributed by atoms with Crippen LogP contribution in [0.2, 0.25) is 10.0 Å². The summed E-state index contributed by atoms with van der Waals surface area (Å²) in [6.45, 7) is 0. The normalized spacial score (nSPS) is 21.7. The Morgan fingerprint density at radius 3 is 2.25 bits per heavy atom. The molecule has 0 saturated heterocycles. The molecule has 1 amide bonds. The number of rotatable bonds is 3. The fourth-order valence-corrected chi connectivity index (χ4v) is 2.93. The molecule has 0 unspecified atom stereocenters. The number of carbonyl (C=O) groups excluding carboxylic acids is 1. The van der Waals surface area contributed by atoms with Crippen molar-refractivity contribution in [3.05, 3.63) is 22.2 Å². The molecule has 7 heteroatoms. The molecule has 3 N–H and O–H groups in total. The van der Waals surface area contributed by atoms with Gasteiger partial charge in [-0.15, -0.1) is 0 Å². The van der Waals surface area contributed by atoms with E-state index in [1.807, 2.05) is 0 Å². The van der Waals surface area contributed by atoms with Crippen molar-refractivity contribution in [2.24, 2.45) is 11.8 Å². The summed E-state index contributed by atoms with van der Waals surface area (Å²) in [7, 11) is 0. The molecule has 0 radical (unpaired) electrons. The Bertz CT molecular complexity index is 538. The summed E-state index contributed by atoms with van der Waals surface area (Å²) in [5, 5.41) is 21.1. The van der Waals surface area contributed by atoms with Crippen LogP contribution in [0.1, 0.15) is 19.3 Å². The third kappa shape index (κ3) is 2.99. The van der Waals surface area contributed by atoms with Gasteiger partial charge in [-0.05, 0) is 25.0 Å². The van der Waals surface area contributed by atoms with E-state index in [0.29, 0.717) is 24.9 Å². The number of aromatic hydroxyl groups is 1. The first-order valence-corrected chi connectivity index (χ1v) is 6.87. The topological polar surface area (TPSA) is 86.6 Å². The SMILES string of the molecule is O=C(O)[C@H]1CCC[C@H]1C(=O)Nc1cc(Cl)c(O)c(Cl)c1. The maximum absolute atomic E-state index is 12.1. The summed E-state index contributed by atoms with van der Waals surface area (Å²) in [6.07, 6.45) is 1.76. The van der Waals surface area contributed by atoms with Crippen LogP contribution < -0.4 is 5.32 Å². The van der Waals surface area contributed by atoms with Gasteiger partial charge < -0.3 is 15.5 Å². The van der Waals surface area contributed by atoms with Gasteiger partial charge in [-0.1, -0.05) is 29.6 Å². The monoisotopic (exact) mass is 317 g/mol. The van der Waals surface area contributed by atoms with Crippen LogP contribution in [-0.2, 0) is 9.59 Å². The van der Waals surface area contributed by atoms with Gasteiger partial charge in [-0.3, -0.25) is 9.59 Å². The summed E-state index contributed by atoms with van der Waals surface area (Å²) in [4.78, 5) is 23.2. The third-order valence-corrected chi connectivity index (χ3v) is 4.03. The number of benzene rings is 1. The quantitative estimate of drug-likeness (QED) is 0.747. The van der Waals surface area contributed by atoms with Crippen molar-refractivity contribution in [1.29, 1.82) is 0 Å². The second-order valence-electron chi connectivity index (χ2n) is 4.76. The summed E-state index contributed by atoms with van der Waals surface area (Å²) in [5.74, 6) is -2.79. The highest BCUT2D eigenvalue weighted by molar-refractivity contribution is 6.37. The zero-order chi connectivity index (χ0) is 14.9. The molecule has 0 heterocycles. The summed E-state index contributed by atoms with van der Waals surface area (Å²) in [6, 6.07) is 2.73. The molecule has 2 atom stereocenters. The number of anilines is 1. The minimum atomic E-state index is -0.954. The molecule has 1 saturated carbocycles. The summed E-state index contributed by atoms with van der Waals surface area (Å²) >= 11 is 11.5. The van der Waals surface area contributed by atoms with E-state index in [-0.39, 0.29) is 21.7 Å². The predicted octanol–water partition coefficient (Wildman–Crippen LogP) is 3.14. The Labute approximate surface area is 125 Å². The molecule has 1 fully saturated rings. The lowest BCUT2D eigenvalue weighted by Gasteiger charge is -2.16. The molecule has 108 valence electrons. The van der Waals surface area contributed by atoms with Crippen molar-refractivity contribution in [2.45, 2.75) is 19.3 Å². The molecule has 1 aliphatic carbocycles. The number of carboxylic acids is 1. The average Bonchev–Trinajstić information content (AvgIpc) is 2.85. The first-order chi connectivity index (χ1) is 9.40. The average molecular weight is 318 g/mol. The highest BCUT2D eigenvalue weighted by Gasteiger charge is 2.37. The Balaban J connectivity index is 2.14. The van der Waals surface area contributed by atoms with Crippen molar-refractivity contribution in [3.63, 3.8) is 0 Å². The number of halogens is 2. The number of aliphatic carboxylic acids is 1. The van der Waals surface area contributed by atoms with Gasteiger partial charge in [-0.2, -0.15) is 0 Å². The molecule has 20 heavy (non-hydrogen) atoms. The minimum Gasteiger partial charge on any atom is -0.505 e. The summed E-state index contributed by atoms with van der Waals surface area (Å²) < 4.78 is 0. The van der Waals surface area contributed by atoms with Gasteiger partial charge in [0.2, 0.25) is 5.91 Å². The van der Waals surface area contributed by atoms with Crippen LogP contribution in [0.15, 0.2) is 12.1 Å². The van der Waals surface area contributed by atoms with E-state index in [4.69, 9.17) is 28.3 Å². The third-order valence-electron chi connectivity index (χ3n) is 3.45. The fraction of sp³-hybridized carbons (Fsp3) is 0.385. The number of phenols is 1. The van der Waals surface area contributed by atoms with Crippen LogP contribution in [0, 0.1) is 11.8 Å². The van der Waals surface area contributed by atoms with Crippen LogP contribution in [0.4, 0.5) is 5.69 Å². The van der Waals surface area contributed by atoms with Crippen molar-refractivity contribution >= 4 is 40.8 Å². The van der Waals surface area contributed by atoms with Gasteiger partial charge in [0.1, 0.15) is 0 Å². The molecule has 1 aliphatic rings. The first-order valence-electron chi connectivity index (χ1n) is 6.12. The molecule has 0 spiro atoms. The molecule has 0 aliphatic heterocycles. The smallest absolute Gasteiger partial charge is 0.307 e. The predicted molar refractivity (Wildman–Crippen MR) is 75.2 cm³/mol. The molecular formula is C13H13Cl2NO4. The minimum absolute atomic E-state index is 0.0222. The van der Waals surface area contributed by atoms with Gasteiger partial charge in [0.15, 0.2) is 5.75 Å². The first kappa shape index (κ1) is 14.9. The number of amides is 1. The number of carbonyl (C=O) groups is 2. The largest absolute Gasteiger partial charge is 0.505 e. The number of hydrogen-bond donors (Lipinski definition) is 3. The van der Waals surface area contributed by atoms with E-state index in [1.165, 1.54) is 12.1 Å². The van der Waals surface area contributed by atoms with Gasteiger partial charge in [0.25, 0.3) is 0 Å². The van der Waals surface area contributed by atoms with Gasteiger partial charge in [0, 0.05) is 5.69 Å². The zero-order valence-corrected chi connectivity index (χ0v) is 11.9. The van der Waals surface area contributed by atoms with Gasteiger partial charge in [-0.25, -0.2) is 0 Å². The van der Waals surface area contributed by atoms with E-state index in [0.717, 1.165) is 0 Å². The van der Waals surface area contributed by atoms with E-state index in [2.05, 4.69) is 5.32 Å². The highest BCUT2D eigenvalue weighted by Crippen LogP contribution is 2.36. The van der Waals surface area contributed by atoms with Crippen molar-refractivity contribution in [2.75, 3.05) is 5.32 Å². The van der Waals surface area contributed by atoms with Gasteiger partial charge >= 0.3 is 5.97 Å². The van der Waals surface area contributed by atoms with Crippen LogP contribution in [0.25, 0.3) is 0 Å². The Morgan fingerprint density at radius 1 is 1.15 bits per heavy atom. The zero-order valence-electron chi connectivity index (χ0n) is 10.4. The Kier molecular flexibility index (Phi) is 4.40. The van der Waals surface area contributed by atoms with Crippen LogP contribution in [-0.4, -0.2) is 22.1 Å². The molecule has 1 aromatic rings. The molecule has 0 bridgehead atoms. The van der Waals surface area contributed by atoms with Crippen LogP contribution in [0.5, 0.6) is 5.75 Å².